The molecule has 1 heterocycles. The fourth-order valence-corrected chi connectivity index (χ4v) is 3.94. The Labute approximate surface area is 176 Å². The van der Waals surface area contributed by atoms with Crippen LogP contribution >= 0.6 is 0 Å². The van der Waals surface area contributed by atoms with E-state index < -0.39 is 15.9 Å². The molecule has 0 saturated carbocycles. The summed E-state index contributed by atoms with van der Waals surface area (Å²) in [6.07, 6.45) is 1.08. The number of sulfonamides is 1. The van der Waals surface area contributed by atoms with Gasteiger partial charge in [0.2, 0.25) is 10.0 Å². The van der Waals surface area contributed by atoms with Gasteiger partial charge < -0.3 is 9.47 Å². The molecule has 2 aromatic carbocycles. The lowest BCUT2D eigenvalue weighted by molar-refractivity contribution is -0.119. The molecule has 160 valence electrons. The Balaban J connectivity index is 1.75. The van der Waals surface area contributed by atoms with Crippen LogP contribution in [0.15, 0.2) is 41.5 Å². The average molecular weight is 432 g/mol. The van der Waals surface area contributed by atoms with Crippen LogP contribution in [0.2, 0.25) is 0 Å². The van der Waals surface area contributed by atoms with Gasteiger partial charge in [-0.2, -0.15) is 5.10 Å². The number of hydrogen-bond acceptors (Lipinski definition) is 6. The van der Waals surface area contributed by atoms with Crippen LogP contribution < -0.4 is 19.2 Å². The number of rotatable bonds is 6. The van der Waals surface area contributed by atoms with Crippen molar-refractivity contribution in [2.24, 2.45) is 5.10 Å². The standard InChI is InChI=1S/C21H25N3O5S/c1-14-6-5-7-18(15(14)2)24(30(4,26)27)13-21(25)23-22-16(3)17-8-9-19-20(12-17)29-11-10-28-19/h5-9,12H,10-11,13H2,1-4H3,(H,23,25). The van der Waals surface area contributed by atoms with E-state index in [-0.39, 0.29) is 6.54 Å². The van der Waals surface area contributed by atoms with Gasteiger partial charge in [0.1, 0.15) is 19.8 Å². The third-order valence-corrected chi connectivity index (χ3v) is 5.97. The molecule has 30 heavy (non-hydrogen) atoms. The smallest absolute Gasteiger partial charge is 0.260 e. The molecule has 1 N–H and O–H groups in total. The molecule has 0 radical (unpaired) electrons. The Kier molecular flexibility index (Phi) is 6.31. The summed E-state index contributed by atoms with van der Waals surface area (Å²) in [6.45, 7) is 6.06. The number of hydrogen-bond donors (Lipinski definition) is 1. The van der Waals surface area contributed by atoms with E-state index in [1.165, 1.54) is 0 Å². The van der Waals surface area contributed by atoms with Gasteiger partial charge in [-0.05, 0) is 56.2 Å². The number of amides is 1. The van der Waals surface area contributed by atoms with E-state index >= 15 is 0 Å². The number of nitrogens with zero attached hydrogens (tertiary/aromatic N) is 2. The molecule has 0 unspecified atom stereocenters. The molecule has 9 heteroatoms. The molecule has 1 amide bonds. The molecule has 0 fully saturated rings. The zero-order chi connectivity index (χ0) is 21.9. The van der Waals surface area contributed by atoms with Crippen molar-refractivity contribution in [2.45, 2.75) is 20.8 Å². The van der Waals surface area contributed by atoms with Crippen molar-refractivity contribution in [1.82, 2.24) is 5.43 Å². The van der Waals surface area contributed by atoms with Crippen LogP contribution in [0.3, 0.4) is 0 Å². The van der Waals surface area contributed by atoms with Crippen molar-refractivity contribution in [3.63, 3.8) is 0 Å². The van der Waals surface area contributed by atoms with Crippen LogP contribution in [0.5, 0.6) is 11.5 Å². The highest BCUT2D eigenvalue weighted by Crippen LogP contribution is 2.31. The lowest BCUT2D eigenvalue weighted by Gasteiger charge is -2.24. The quantitative estimate of drug-likeness (QED) is 0.559. The number of aryl methyl sites for hydroxylation is 1. The molecule has 2 aromatic rings. The van der Waals surface area contributed by atoms with Crippen LogP contribution in [-0.2, 0) is 14.8 Å². The van der Waals surface area contributed by atoms with Gasteiger partial charge >= 0.3 is 0 Å². The fourth-order valence-electron chi connectivity index (χ4n) is 3.03. The van der Waals surface area contributed by atoms with Crippen molar-refractivity contribution >= 4 is 27.3 Å². The molecular weight excluding hydrogens is 406 g/mol. The highest BCUT2D eigenvalue weighted by atomic mass is 32.2. The van der Waals surface area contributed by atoms with E-state index in [1.807, 2.05) is 26.0 Å². The second-order valence-electron chi connectivity index (χ2n) is 7.08. The zero-order valence-electron chi connectivity index (χ0n) is 17.4. The molecule has 1 aliphatic rings. The summed E-state index contributed by atoms with van der Waals surface area (Å²) in [5.41, 5.74) is 5.96. The van der Waals surface area contributed by atoms with Crippen LogP contribution in [0.25, 0.3) is 0 Å². The maximum absolute atomic E-state index is 12.5. The first-order chi connectivity index (χ1) is 14.2. The maximum atomic E-state index is 12.5. The Bertz CT molecular complexity index is 1100. The lowest BCUT2D eigenvalue weighted by Crippen LogP contribution is -2.39. The van der Waals surface area contributed by atoms with E-state index in [4.69, 9.17) is 9.47 Å². The van der Waals surface area contributed by atoms with E-state index in [1.54, 1.807) is 31.2 Å². The maximum Gasteiger partial charge on any atom is 0.260 e. The number of nitrogens with one attached hydrogen (secondary N) is 1. The van der Waals surface area contributed by atoms with Crippen molar-refractivity contribution in [1.29, 1.82) is 0 Å². The van der Waals surface area contributed by atoms with Crippen molar-refractivity contribution < 1.29 is 22.7 Å². The average Bonchev–Trinajstić information content (AvgIpc) is 2.71. The monoisotopic (exact) mass is 431 g/mol. The van der Waals surface area contributed by atoms with Crippen LogP contribution in [0.4, 0.5) is 5.69 Å². The number of carbonyl (C=O) groups excluding carboxylic acids is 1. The number of fused-ring (bicyclic) bond motifs is 1. The van der Waals surface area contributed by atoms with Gasteiger partial charge in [-0.3, -0.25) is 9.10 Å². The summed E-state index contributed by atoms with van der Waals surface area (Å²) >= 11 is 0. The minimum absolute atomic E-state index is 0.374. The predicted octanol–water partition coefficient (Wildman–Crippen LogP) is 2.38. The summed E-state index contributed by atoms with van der Waals surface area (Å²) in [5.74, 6) is 0.746. The van der Waals surface area contributed by atoms with E-state index in [9.17, 15) is 13.2 Å². The number of carbonyl (C=O) groups is 1. The van der Waals surface area contributed by atoms with Crippen LogP contribution in [0.1, 0.15) is 23.6 Å². The fraction of sp³-hybridized carbons (Fsp3) is 0.333. The summed E-state index contributed by atoms with van der Waals surface area (Å²) in [7, 11) is -3.66. The molecule has 0 atom stereocenters. The molecule has 8 nitrogen and oxygen atoms in total. The molecule has 0 aliphatic carbocycles. The van der Waals surface area contributed by atoms with Crippen molar-refractivity contribution in [2.75, 3.05) is 30.3 Å². The molecule has 1 aliphatic heterocycles. The molecule has 0 bridgehead atoms. The molecule has 0 spiro atoms. The highest BCUT2D eigenvalue weighted by Gasteiger charge is 2.23. The summed E-state index contributed by atoms with van der Waals surface area (Å²) < 4.78 is 36.8. The van der Waals surface area contributed by atoms with Gasteiger partial charge in [-0.15, -0.1) is 0 Å². The zero-order valence-corrected chi connectivity index (χ0v) is 18.2. The second-order valence-corrected chi connectivity index (χ2v) is 8.99. The number of ether oxygens (including phenoxy) is 2. The first-order valence-electron chi connectivity index (χ1n) is 9.44. The minimum Gasteiger partial charge on any atom is -0.486 e. The third-order valence-electron chi connectivity index (χ3n) is 4.84. The van der Waals surface area contributed by atoms with Gasteiger partial charge in [0, 0.05) is 5.56 Å². The van der Waals surface area contributed by atoms with Gasteiger partial charge in [-0.25, -0.2) is 13.8 Å². The summed E-state index contributed by atoms with van der Waals surface area (Å²) in [4.78, 5) is 12.5. The number of anilines is 1. The first kappa shape index (κ1) is 21.6. The Morgan fingerprint density at radius 1 is 1.13 bits per heavy atom. The Hall–Kier alpha value is -3.07. The molecule has 3 rings (SSSR count). The van der Waals surface area contributed by atoms with Crippen molar-refractivity contribution in [3.05, 3.63) is 53.1 Å². The third kappa shape index (κ3) is 4.91. The largest absolute Gasteiger partial charge is 0.486 e. The Morgan fingerprint density at radius 2 is 1.83 bits per heavy atom. The van der Waals surface area contributed by atoms with Gasteiger partial charge in [-0.1, -0.05) is 12.1 Å². The van der Waals surface area contributed by atoms with E-state index in [0.717, 1.165) is 27.3 Å². The molecule has 0 aromatic heterocycles. The van der Waals surface area contributed by atoms with E-state index in [0.29, 0.717) is 36.1 Å². The van der Waals surface area contributed by atoms with Gasteiger partial charge in [0.15, 0.2) is 11.5 Å². The number of hydrazone groups is 1. The van der Waals surface area contributed by atoms with Gasteiger partial charge in [0.05, 0.1) is 17.7 Å². The van der Waals surface area contributed by atoms with Crippen molar-refractivity contribution in [3.8, 4) is 11.5 Å². The molecule has 0 saturated heterocycles. The Morgan fingerprint density at radius 3 is 2.53 bits per heavy atom. The van der Waals surface area contributed by atoms with Crippen LogP contribution in [-0.4, -0.2) is 46.1 Å². The topological polar surface area (TPSA) is 97.3 Å². The normalized spacial score (nSPS) is 13.7. The van der Waals surface area contributed by atoms with Gasteiger partial charge in [0.25, 0.3) is 5.91 Å². The van der Waals surface area contributed by atoms with E-state index in [2.05, 4.69) is 10.5 Å². The molecular formula is C21H25N3O5S. The lowest BCUT2D eigenvalue weighted by atomic mass is 10.1. The first-order valence-corrected chi connectivity index (χ1v) is 11.3. The minimum atomic E-state index is -3.66. The second kappa shape index (κ2) is 8.74. The predicted molar refractivity (Wildman–Crippen MR) is 116 cm³/mol. The SMILES string of the molecule is CC(=NNC(=O)CN(c1cccc(C)c1C)S(C)(=O)=O)c1ccc2c(c1)OCCO2. The van der Waals surface area contributed by atoms with Crippen LogP contribution in [0, 0.1) is 13.8 Å². The summed E-state index contributed by atoms with van der Waals surface area (Å²) in [6, 6.07) is 10.7. The number of benzene rings is 2. The highest BCUT2D eigenvalue weighted by molar-refractivity contribution is 7.92. The summed E-state index contributed by atoms with van der Waals surface area (Å²) in [5, 5.41) is 4.11.